The zero-order valence-corrected chi connectivity index (χ0v) is 15.4. The number of benzene rings is 2. The zero-order chi connectivity index (χ0) is 20.6. The molecule has 29 heavy (non-hydrogen) atoms. The van der Waals surface area contributed by atoms with E-state index in [1.54, 1.807) is 42.5 Å². The fraction of sp³-hybridized carbons (Fsp3) is 0.0500. The topological polar surface area (TPSA) is 135 Å². The van der Waals surface area contributed by atoms with Crippen LogP contribution in [0.3, 0.4) is 0 Å². The molecule has 9 heteroatoms. The number of carbonyl (C=O) groups excluding carboxylic acids is 2. The van der Waals surface area contributed by atoms with Crippen molar-refractivity contribution < 1.29 is 9.59 Å². The van der Waals surface area contributed by atoms with Gasteiger partial charge in [0.1, 0.15) is 6.07 Å². The Morgan fingerprint density at radius 2 is 1.83 bits per heavy atom. The monoisotopic (exact) mass is 387 g/mol. The van der Waals surface area contributed by atoms with Crippen molar-refractivity contribution in [2.45, 2.75) is 6.92 Å². The number of H-pyrrole nitrogens is 1. The number of para-hydroxylation sites is 1. The molecule has 4 N–H and O–H groups in total. The van der Waals surface area contributed by atoms with Gasteiger partial charge in [-0.05, 0) is 36.8 Å². The highest BCUT2D eigenvalue weighted by atomic mass is 16.2. The molecule has 144 valence electrons. The van der Waals surface area contributed by atoms with Crippen LogP contribution in [0, 0.1) is 18.3 Å². The number of nitriles is 1. The fourth-order valence-corrected chi connectivity index (χ4v) is 2.42. The molecule has 0 aliphatic rings. The van der Waals surface area contributed by atoms with Gasteiger partial charge in [0.05, 0.1) is 6.33 Å². The van der Waals surface area contributed by atoms with Gasteiger partial charge >= 0.3 is 0 Å². The second-order valence-electron chi connectivity index (χ2n) is 5.95. The van der Waals surface area contributed by atoms with Gasteiger partial charge in [0.25, 0.3) is 11.8 Å². The van der Waals surface area contributed by atoms with Crippen LogP contribution in [0.15, 0.2) is 66.0 Å². The van der Waals surface area contributed by atoms with Gasteiger partial charge in [-0.3, -0.25) is 15.0 Å². The van der Waals surface area contributed by atoms with E-state index in [0.717, 1.165) is 5.56 Å². The third-order valence-electron chi connectivity index (χ3n) is 3.77. The van der Waals surface area contributed by atoms with Crippen LogP contribution >= 0.6 is 0 Å². The average molecular weight is 387 g/mol. The molecule has 0 spiro atoms. The van der Waals surface area contributed by atoms with Crippen LogP contribution in [-0.2, 0) is 4.79 Å². The Morgan fingerprint density at radius 1 is 1.07 bits per heavy atom. The number of aryl methyl sites for hydroxylation is 1. The third kappa shape index (κ3) is 5.05. The zero-order valence-electron chi connectivity index (χ0n) is 15.4. The number of aromatic amines is 1. The van der Waals surface area contributed by atoms with Gasteiger partial charge in [-0.15, -0.1) is 0 Å². The molecule has 0 saturated carbocycles. The summed E-state index contributed by atoms with van der Waals surface area (Å²) in [6, 6.07) is 17.7. The number of nitrogens with zero attached hydrogens (tertiary/aromatic N) is 3. The largest absolute Gasteiger partial charge is 0.339 e. The van der Waals surface area contributed by atoms with Crippen LogP contribution in [0.4, 0.5) is 17.2 Å². The van der Waals surface area contributed by atoms with Crippen molar-refractivity contribution in [2.24, 2.45) is 5.10 Å². The molecule has 3 aromatic rings. The lowest BCUT2D eigenvalue weighted by molar-refractivity contribution is -0.110. The lowest BCUT2D eigenvalue weighted by atomic mass is 10.2. The number of rotatable bonds is 6. The third-order valence-corrected chi connectivity index (χ3v) is 3.77. The van der Waals surface area contributed by atoms with E-state index >= 15 is 0 Å². The van der Waals surface area contributed by atoms with Gasteiger partial charge in [0.15, 0.2) is 11.5 Å². The van der Waals surface area contributed by atoms with E-state index in [1.807, 2.05) is 25.1 Å². The van der Waals surface area contributed by atoms with Crippen molar-refractivity contribution >= 4 is 34.7 Å². The summed E-state index contributed by atoms with van der Waals surface area (Å²) in [6.45, 7) is 1.91. The number of carbonyl (C=O) groups is 2. The van der Waals surface area contributed by atoms with Crippen LogP contribution in [0.5, 0.6) is 0 Å². The number of nitrogens with one attached hydrogen (secondary N) is 4. The average Bonchev–Trinajstić information content (AvgIpc) is 3.18. The van der Waals surface area contributed by atoms with Crippen molar-refractivity contribution in [1.29, 1.82) is 5.26 Å². The summed E-state index contributed by atoms with van der Waals surface area (Å²) in [5.74, 6) is -1.05. The summed E-state index contributed by atoms with van der Waals surface area (Å²) >= 11 is 0. The summed E-state index contributed by atoms with van der Waals surface area (Å²) in [7, 11) is 0. The summed E-state index contributed by atoms with van der Waals surface area (Å²) in [5.41, 5.74) is 4.33. The van der Waals surface area contributed by atoms with E-state index in [0.29, 0.717) is 11.4 Å². The summed E-state index contributed by atoms with van der Waals surface area (Å²) in [6.07, 6.45) is 1.30. The minimum absolute atomic E-state index is 0.0791. The van der Waals surface area contributed by atoms with Crippen LogP contribution in [-0.4, -0.2) is 27.5 Å². The van der Waals surface area contributed by atoms with Crippen LogP contribution in [0.1, 0.15) is 16.1 Å². The lowest BCUT2D eigenvalue weighted by Crippen LogP contribution is -2.23. The lowest BCUT2D eigenvalue weighted by Gasteiger charge is -2.06. The highest BCUT2D eigenvalue weighted by Gasteiger charge is 2.16. The molecule has 0 unspecified atom stereocenters. The number of imidazole rings is 1. The van der Waals surface area contributed by atoms with Crippen LogP contribution in [0.25, 0.3) is 0 Å². The molecule has 0 radical (unpaired) electrons. The van der Waals surface area contributed by atoms with E-state index in [1.165, 1.54) is 6.33 Å². The number of anilines is 3. The van der Waals surface area contributed by atoms with Crippen molar-refractivity contribution in [3.63, 3.8) is 0 Å². The van der Waals surface area contributed by atoms with Crippen molar-refractivity contribution in [1.82, 2.24) is 9.97 Å². The van der Waals surface area contributed by atoms with E-state index in [-0.39, 0.29) is 11.5 Å². The molecule has 2 aromatic carbocycles. The molecule has 2 amide bonds. The first-order chi connectivity index (χ1) is 14.1. The quantitative estimate of drug-likeness (QED) is 0.381. The molecule has 0 fully saturated rings. The van der Waals surface area contributed by atoms with Crippen LogP contribution in [0.2, 0.25) is 0 Å². The van der Waals surface area contributed by atoms with Gasteiger partial charge in [-0.1, -0.05) is 30.3 Å². The maximum atomic E-state index is 12.5. The smallest absolute Gasteiger partial charge is 0.287 e. The Kier molecular flexibility index (Phi) is 5.97. The normalized spacial score (nSPS) is 10.7. The molecule has 0 atom stereocenters. The highest BCUT2D eigenvalue weighted by Crippen LogP contribution is 2.15. The van der Waals surface area contributed by atoms with Gasteiger partial charge in [0.2, 0.25) is 5.71 Å². The van der Waals surface area contributed by atoms with Gasteiger partial charge in [-0.2, -0.15) is 10.4 Å². The first-order valence-electron chi connectivity index (χ1n) is 8.58. The number of hydrazone groups is 1. The Hall–Kier alpha value is -4.45. The Labute approximate surface area is 166 Å². The van der Waals surface area contributed by atoms with Gasteiger partial charge < -0.3 is 15.6 Å². The minimum Gasteiger partial charge on any atom is -0.339 e. The maximum Gasteiger partial charge on any atom is 0.287 e. The Bertz CT molecular complexity index is 1100. The number of hydrogen-bond acceptors (Lipinski definition) is 6. The van der Waals surface area contributed by atoms with E-state index in [4.69, 9.17) is 0 Å². The number of amides is 2. The van der Waals surface area contributed by atoms with E-state index < -0.39 is 17.5 Å². The molecule has 0 aliphatic carbocycles. The van der Waals surface area contributed by atoms with E-state index in [9.17, 15) is 14.9 Å². The van der Waals surface area contributed by atoms with Crippen molar-refractivity contribution in [3.8, 4) is 6.07 Å². The fourth-order valence-electron chi connectivity index (χ4n) is 2.42. The van der Waals surface area contributed by atoms with Gasteiger partial charge in [0, 0.05) is 11.4 Å². The predicted octanol–water partition coefficient (Wildman–Crippen LogP) is 2.90. The molecule has 0 bridgehead atoms. The summed E-state index contributed by atoms with van der Waals surface area (Å²) < 4.78 is 0. The molecule has 1 heterocycles. The van der Waals surface area contributed by atoms with Crippen LogP contribution < -0.4 is 16.1 Å². The van der Waals surface area contributed by atoms with Gasteiger partial charge in [-0.25, -0.2) is 4.98 Å². The first-order valence-corrected chi connectivity index (χ1v) is 8.58. The number of aromatic nitrogens is 2. The molecule has 9 nitrogen and oxygen atoms in total. The number of hydrogen-bond donors (Lipinski definition) is 4. The first kappa shape index (κ1) is 19.3. The Morgan fingerprint density at radius 3 is 2.55 bits per heavy atom. The second-order valence-corrected chi connectivity index (χ2v) is 5.95. The summed E-state index contributed by atoms with van der Waals surface area (Å²) in [5, 5.41) is 18.3. The molecule has 0 saturated heterocycles. The second kappa shape index (κ2) is 8.96. The van der Waals surface area contributed by atoms with E-state index in [2.05, 4.69) is 31.1 Å². The van der Waals surface area contributed by atoms with Crippen molar-refractivity contribution in [3.05, 3.63) is 72.2 Å². The SMILES string of the molecule is Cc1cccc(NC(=O)c2[nH]cnc2N/N=C(\C#N)C(=O)Nc2ccccc2)c1. The molecule has 0 aliphatic heterocycles. The standard InChI is InChI=1S/C20H17N7O2/c1-13-6-5-9-15(10-13)25-20(29)17-18(23-12-22-17)27-26-16(11-21)19(28)24-14-7-3-2-4-8-14/h2-10,12,27H,1H3,(H,22,23)(H,24,28)(H,25,29)/b26-16+. The molecule has 3 rings (SSSR count). The highest BCUT2D eigenvalue weighted by molar-refractivity contribution is 6.48. The Balaban J connectivity index is 1.70. The molecular weight excluding hydrogens is 370 g/mol. The maximum absolute atomic E-state index is 12.5. The van der Waals surface area contributed by atoms with Crippen molar-refractivity contribution in [2.75, 3.05) is 16.1 Å². The summed E-state index contributed by atoms with van der Waals surface area (Å²) in [4.78, 5) is 31.3. The molecular formula is C20H17N7O2. The molecule has 1 aromatic heterocycles. The predicted molar refractivity (Wildman–Crippen MR) is 109 cm³/mol. The minimum atomic E-state index is -0.688.